The molecule has 0 N–H and O–H groups in total. The summed E-state index contributed by atoms with van der Waals surface area (Å²) in [6.45, 7) is 2.78. The first kappa shape index (κ1) is 14.9. The third-order valence-corrected chi connectivity index (χ3v) is 4.71. The van der Waals surface area contributed by atoms with E-state index in [0.717, 1.165) is 30.2 Å². The van der Waals surface area contributed by atoms with Crippen LogP contribution in [0.4, 0.5) is 0 Å². The summed E-state index contributed by atoms with van der Waals surface area (Å²) in [5, 5.41) is 3.09. The van der Waals surface area contributed by atoms with Crippen molar-refractivity contribution < 1.29 is 14.2 Å². The van der Waals surface area contributed by atoms with Crippen molar-refractivity contribution in [2.75, 3.05) is 20.8 Å². The molecule has 0 spiro atoms. The van der Waals surface area contributed by atoms with Gasteiger partial charge in [0.05, 0.1) is 0 Å². The van der Waals surface area contributed by atoms with E-state index < -0.39 is 0 Å². The average Bonchev–Trinajstić information content (AvgIpc) is 2.92. The maximum atomic E-state index is 6.08. The number of methoxy groups -OCH3 is 2. The first-order valence-electron chi connectivity index (χ1n) is 6.91. The molecule has 1 aromatic rings. The van der Waals surface area contributed by atoms with Crippen molar-refractivity contribution >= 4 is 11.3 Å². The van der Waals surface area contributed by atoms with Gasteiger partial charge in [0.15, 0.2) is 0 Å². The van der Waals surface area contributed by atoms with E-state index in [1.54, 1.807) is 25.6 Å². The average molecular weight is 285 g/mol. The van der Waals surface area contributed by atoms with E-state index in [4.69, 9.17) is 19.2 Å². The molecule has 0 radical (unpaired) electrons. The molecule has 0 bridgehead atoms. The van der Waals surface area contributed by atoms with Crippen molar-refractivity contribution in [2.45, 2.75) is 50.9 Å². The number of nitrogens with zero attached hydrogens (tertiary/aromatic N) is 1. The van der Waals surface area contributed by atoms with Gasteiger partial charge in [-0.3, -0.25) is 0 Å². The van der Waals surface area contributed by atoms with Gasteiger partial charge in [-0.25, -0.2) is 4.98 Å². The van der Waals surface area contributed by atoms with E-state index in [2.05, 4.69) is 6.92 Å². The molecular formula is C14H23NO3S. The minimum absolute atomic E-state index is 0.179. The van der Waals surface area contributed by atoms with Gasteiger partial charge >= 0.3 is 0 Å². The molecule has 1 fully saturated rings. The van der Waals surface area contributed by atoms with Gasteiger partial charge in [-0.05, 0) is 19.8 Å². The van der Waals surface area contributed by atoms with Crippen LogP contribution in [-0.4, -0.2) is 25.8 Å². The maximum Gasteiger partial charge on any atom is 0.201 e. The Balaban J connectivity index is 2.22. The second-order valence-electron chi connectivity index (χ2n) is 4.87. The molecule has 1 saturated carbocycles. The molecule has 108 valence electrons. The van der Waals surface area contributed by atoms with Crippen molar-refractivity contribution in [1.29, 1.82) is 0 Å². The van der Waals surface area contributed by atoms with Gasteiger partial charge in [0.1, 0.15) is 16.3 Å². The number of thiazole rings is 1. The second kappa shape index (κ2) is 6.79. The molecular weight excluding hydrogens is 262 g/mol. The summed E-state index contributed by atoms with van der Waals surface area (Å²) in [5.74, 6) is 0. The fourth-order valence-electron chi connectivity index (χ4n) is 2.76. The van der Waals surface area contributed by atoms with Crippen LogP contribution >= 0.6 is 11.3 Å². The molecule has 0 aromatic carbocycles. The Kier molecular flexibility index (Phi) is 5.33. The fraction of sp³-hybridized carbons (Fsp3) is 0.786. The fourth-order valence-corrected chi connectivity index (χ4v) is 3.79. The van der Waals surface area contributed by atoms with Gasteiger partial charge in [-0.2, -0.15) is 0 Å². The summed E-state index contributed by atoms with van der Waals surface area (Å²) in [7, 11) is 3.26. The van der Waals surface area contributed by atoms with Crippen LogP contribution in [0.3, 0.4) is 0 Å². The van der Waals surface area contributed by atoms with Gasteiger partial charge < -0.3 is 14.2 Å². The number of ether oxygens (including phenoxy) is 3. The highest BCUT2D eigenvalue weighted by atomic mass is 32.1. The predicted octanol–water partition coefficient (Wildman–Crippen LogP) is 3.63. The smallest absolute Gasteiger partial charge is 0.201 e. The monoisotopic (exact) mass is 285 g/mol. The van der Waals surface area contributed by atoms with Gasteiger partial charge in [-0.15, -0.1) is 11.3 Å². The minimum atomic E-state index is -0.382. The molecule has 5 heteroatoms. The van der Waals surface area contributed by atoms with Crippen molar-refractivity contribution in [2.24, 2.45) is 0 Å². The molecule has 2 rings (SSSR count). The molecule has 1 aliphatic rings. The molecule has 19 heavy (non-hydrogen) atoms. The highest BCUT2D eigenvalue weighted by Gasteiger charge is 2.37. The van der Waals surface area contributed by atoms with Crippen molar-refractivity contribution in [3.05, 3.63) is 16.1 Å². The Morgan fingerprint density at radius 3 is 2.53 bits per heavy atom. The second-order valence-corrected chi connectivity index (χ2v) is 5.73. The number of hydrogen-bond donors (Lipinski definition) is 0. The van der Waals surface area contributed by atoms with Crippen molar-refractivity contribution in [3.63, 3.8) is 0 Å². The zero-order valence-electron chi connectivity index (χ0n) is 12.0. The molecule has 0 unspecified atom stereocenters. The zero-order valence-corrected chi connectivity index (χ0v) is 12.8. The third kappa shape index (κ3) is 3.16. The van der Waals surface area contributed by atoms with Crippen LogP contribution in [0.2, 0.25) is 0 Å². The van der Waals surface area contributed by atoms with Gasteiger partial charge in [0.25, 0.3) is 0 Å². The summed E-state index contributed by atoms with van der Waals surface area (Å²) in [5.41, 5.74) is 0.664. The van der Waals surface area contributed by atoms with Gasteiger partial charge in [0, 0.05) is 26.2 Å². The quantitative estimate of drug-likeness (QED) is 0.748. The molecule has 0 atom stereocenters. The van der Waals surface area contributed by atoms with E-state index in [-0.39, 0.29) is 11.9 Å². The van der Waals surface area contributed by atoms with E-state index in [1.807, 2.05) is 5.38 Å². The van der Waals surface area contributed by atoms with Crippen LogP contribution in [0.5, 0.6) is 0 Å². The lowest BCUT2D eigenvalue weighted by molar-refractivity contribution is -0.109. The summed E-state index contributed by atoms with van der Waals surface area (Å²) >= 11 is 1.66. The highest BCUT2D eigenvalue weighted by molar-refractivity contribution is 7.09. The van der Waals surface area contributed by atoms with Crippen LogP contribution in [0.15, 0.2) is 5.38 Å². The molecule has 1 aliphatic carbocycles. The first-order chi connectivity index (χ1) is 9.25. The van der Waals surface area contributed by atoms with E-state index in [0.29, 0.717) is 0 Å². The summed E-state index contributed by atoms with van der Waals surface area (Å²) < 4.78 is 16.6. The van der Waals surface area contributed by atoms with Crippen LogP contribution in [0, 0.1) is 0 Å². The Morgan fingerprint density at radius 2 is 1.95 bits per heavy atom. The lowest BCUT2D eigenvalue weighted by Gasteiger charge is -2.35. The van der Waals surface area contributed by atoms with Crippen molar-refractivity contribution in [1.82, 2.24) is 4.98 Å². The van der Waals surface area contributed by atoms with E-state index >= 15 is 0 Å². The predicted molar refractivity (Wildman–Crippen MR) is 75.3 cm³/mol. The van der Waals surface area contributed by atoms with Gasteiger partial charge in [-0.1, -0.05) is 19.3 Å². The van der Waals surface area contributed by atoms with Crippen molar-refractivity contribution in [3.8, 4) is 0 Å². The number of aromatic nitrogens is 1. The molecule has 0 amide bonds. The lowest BCUT2D eigenvalue weighted by Crippen LogP contribution is -2.32. The standard InChI is InChI=1S/C14H23NO3S/c1-4-18-14(8-6-5-7-9-14)13-15-11(10-19-13)12(16-2)17-3/h10,12H,4-9H2,1-3H3. The molecule has 0 aliphatic heterocycles. The summed E-state index contributed by atoms with van der Waals surface area (Å²) in [4.78, 5) is 4.71. The SMILES string of the molecule is CCOC1(c2nc(C(OC)OC)cs2)CCCCC1. The van der Waals surface area contributed by atoms with Gasteiger partial charge in [0.2, 0.25) is 6.29 Å². The topological polar surface area (TPSA) is 40.6 Å². The van der Waals surface area contributed by atoms with E-state index in [9.17, 15) is 0 Å². The summed E-state index contributed by atoms with van der Waals surface area (Å²) in [6.07, 6.45) is 5.48. The molecule has 1 aromatic heterocycles. The number of hydrogen-bond acceptors (Lipinski definition) is 5. The van der Waals surface area contributed by atoms with Crippen LogP contribution in [0.1, 0.15) is 56.0 Å². The Labute approximate surface area is 119 Å². The van der Waals surface area contributed by atoms with Crippen LogP contribution in [0.25, 0.3) is 0 Å². The first-order valence-corrected chi connectivity index (χ1v) is 7.79. The van der Waals surface area contributed by atoms with Crippen LogP contribution in [-0.2, 0) is 19.8 Å². The molecule has 4 nitrogen and oxygen atoms in total. The minimum Gasteiger partial charge on any atom is -0.368 e. The molecule has 1 heterocycles. The third-order valence-electron chi connectivity index (χ3n) is 3.66. The Morgan fingerprint density at radius 1 is 1.26 bits per heavy atom. The van der Waals surface area contributed by atoms with Crippen LogP contribution < -0.4 is 0 Å². The normalized spacial score (nSPS) is 18.9. The Hall–Kier alpha value is -0.490. The summed E-state index contributed by atoms with van der Waals surface area (Å²) in [6, 6.07) is 0. The Bertz CT molecular complexity index is 378. The molecule has 0 saturated heterocycles. The zero-order chi connectivity index (χ0) is 13.7. The van der Waals surface area contributed by atoms with E-state index in [1.165, 1.54) is 19.3 Å². The maximum absolute atomic E-state index is 6.08. The lowest BCUT2D eigenvalue weighted by atomic mass is 9.85. The number of rotatable bonds is 6. The highest BCUT2D eigenvalue weighted by Crippen LogP contribution is 2.42. The largest absolute Gasteiger partial charge is 0.368 e.